The van der Waals surface area contributed by atoms with Crippen LogP contribution in [-0.4, -0.2) is 6.54 Å². The molecular formula is C14H13BrClNS. The van der Waals surface area contributed by atoms with Crippen LogP contribution >= 0.6 is 39.3 Å². The highest BCUT2D eigenvalue weighted by Gasteiger charge is 2.04. The maximum absolute atomic E-state index is 6.28. The maximum Gasteiger partial charge on any atom is 0.0548 e. The van der Waals surface area contributed by atoms with Gasteiger partial charge in [0.25, 0.3) is 0 Å². The second-order valence-electron chi connectivity index (χ2n) is 3.86. The van der Waals surface area contributed by atoms with Crippen LogP contribution in [0.2, 0.25) is 5.02 Å². The fourth-order valence-corrected chi connectivity index (χ4v) is 2.98. The van der Waals surface area contributed by atoms with Gasteiger partial charge >= 0.3 is 0 Å². The Morgan fingerprint density at radius 1 is 1.11 bits per heavy atom. The Morgan fingerprint density at radius 3 is 2.44 bits per heavy atom. The number of nitrogens with two attached hydrogens (primary N) is 1. The van der Waals surface area contributed by atoms with E-state index in [0.717, 1.165) is 20.8 Å². The second-order valence-corrected chi connectivity index (χ2v) is 6.30. The minimum absolute atomic E-state index is 0.648. The maximum atomic E-state index is 6.28. The molecule has 0 amide bonds. The summed E-state index contributed by atoms with van der Waals surface area (Å²) in [6.45, 7) is 0.648. The Morgan fingerprint density at radius 2 is 1.83 bits per heavy atom. The molecule has 0 spiro atoms. The van der Waals surface area contributed by atoms with E-state index in [-0.39, 0.29) is 0 Å². The fourth-order valence-electron chi connectivity index (χ4n) is 1.58. The number of benzene rings is 2. The Labute approximate surface area is 125 Å². The van der Waals surface area contributed by atoms with E-state index in [1.165, 1.54) is 10.5 Å². The summed E-state index contributed by atoms with van der Waals surface area (Å²) in [6.07, 6.45) is 0.864. The van der Waals surface area contributed by atoms with Gasteiger partial charge in [0.15, 0.2) is 0 Å². The molecule has 2 N–H and O–H groups in total. The van der Waals surface area contributed by atoms with Crippen LogP contribution in [0, 0.1) is 0 Å². The lowest BCUT2D eigenvalue weighted by atomic mass is 10.1. The molecule has 0 aromatic heterocycles. The van der Waals surface area contributed by atoms with Gasteiger partial charge in [-0.05, 0) is 54.9 Å². The van der Waals surface area contributed by atoms with Gasteiger partial charge in [0, 0.05) is 14.3 Å². The minimum Gasteiger partial charge on any atom is -0.330 e. The highest BCUT2D eigenvalue weighted by atomic mass is 79.9. The van der Waals surface area contributed by atoms with Crippen LogP contribution in [0.15, 0.2) is 56.7 Å². The van der Waals surface area contributed by atoms with Crippen molar-refractivity contribution in [2.75, 3.05) is 6.54 Å². The van der Waals surface area contributed by atoms with Crippen LogP contribution < -0.4 is 5.73 Å². The average molecular weight is 343 g/mol. The van der Waals surface area contributed by atoms with E-state index in [1.54, 1.807) is 11.8 Å². The summed E-state index contributed by atoms with van der Waals surface area (Å²) in [4.78, 5) is 2.24. The molecule has 0 heterocycles. The number of hydrogen-bond acceptors (Lipinski definition) is 2. The summed E-state index contributed by atoms with van der Waals surface area (Å²) in [7, 11) is 0. The largest absolute Gasteiger partial charge is 0.330 e. The topological polar surface area (TPSA) is 26.0 Å². The zero-order chi connectivity index (χ0) is 13.0. The van der Waals surface area contributed by atoms with Crippen LogP contribution in [-0.2, 0) is 6.42 Å². The van der Waals surface area contributed by atoms with Crippen LogP contribution in [0.1, 0.15) is 5.56 Å². The SMILES string of the molecule is NCCc1ccc(Sc2ccc(Br)cc2)c(Cl)c1. The smallest absolute Gasteiger partial charge is 0.0548 e. The van der Waals surface area contributed by atoms with Gasteiger partial charge in [0.2, 0.25) is 0 Å². The number of rotatable bonds is 4. The van der Waals surface area contributed by atoms with E-state index in [2.05, 4.69) is 40.2 Å². The average Bonchev–Trinajstić information content (AvgIpc) is 2.36. The minimum atomic E-state index is 0.648. The molecule has 2 rings (SSSR count). The van der Waals surface area contributed by atoms with Gasteiger partial charge in [-0.25, -0.2) is 0 Å². The van der Waals surface area contributed by atoms with Gasteiger partial charge in [-0.1, -0.05) is 45.4 Å². The Kier molecular flexibility index (Phi) is 5.13. The van der Waals surface area contributed by atoms with Crippen LogP contribution in [0.3, 0.4) is 0 Å². The van der Waals surface area contributed by atoms with Crippen molar-refractivity contribution in [3.63, 3.8) is 0 Å². The predicted octanol–water partition coefficient (Wildman–Crippen LogP) is 4.75. The molecule has 0 aliphatic heterocycles. The summed E-state index contributed by atoms with van der Waals surface area (Å²) >= 11 is 11.4. The Bertz CT molecular complexity index is 528. The van der Waals surface area contributed by atoms with Crippen LogP contribution in [0.5, 0.6) is 0 Å². The van der Waals surface area contributed by atoms with Gasteiger partial charge in [-0.15, -0.1) is 0 Å². The molecule has 0 fully saturated rings. The van der Waals surface area contributed by atoms with Gasteiger partial charge in [-0.3, -0.25) is 0 Å². The molecule has 0 bridgehead atoms. The van der Waals surface area contributed by atoms with Crippen molar-refractivity contribution in [1.29, 1.82) is 0 Å². The zero-order valence-electron chi connectivity index (χ0n) is 9.70. The first-order chi connectivity index (χ1) is 8.69. The van der Waals surface area contributed by atoms with Crippen LogP contribution in [0.4, 0.5) is 0 Å². The lowest BCUT2D eigenvalue weighted by Gasteiger charge is -2.06. The van der Waals surface area contributed by atoms with E-state index >= 15 is 0 Å². The highest BCUT2D eigenvalue weighted by Crippen LogP contribution is 2.34. The molecule has 2 aromatic rings. The normalized spacial score (nSPS) is 10.6. The first-order valence-electron chi connectivity index (χ1n) is 5.61. The lowest BCUT2D eigenvalue weighted by Crippen LogP contribution is -2.02. The predicted molar refractivity (Wildman–Crippen MR) is 82.5 cm³/mol. The van der Waals surface area contributed by atoms with Crippen molar-refractivity contribution < 1.29 is 0 Å². The monoisotopic (exact) mass is 341 g/mol. The Balaban J connectivity index is 2.16. The van der Waals surface area contributed by atoms with E-state index in [0.29, 0.717) is 6.54 Å². The van der Waals surface area contributed by atoms with Crippen LogP contribution in [0.25, 0.3) is 0 Å². The van der Waals surface area contributed by atoms with E-state index in [1.807, 2.05) is 18.2 Å². The molecular weight excluding hydrogens is 330 g/mol. The zero-order valence-corrected chi connectivity index (χ0v) is 12.9. The molecule has 1 nitrogen and oxygen atoms in total. The molecule has 0 atom stereocenters. The van der Waals surface area contributed by atoms with Gasteiger partial charge < -0.3 is 5.73 Å². The van der Waals surface area contributed by atoms with Gasteiger partial charge in [0.1, 0.15) is 0 Å². The molecule has 2 aromatic carbocycles. The first-order valence-corrected chi connectivity index (χ1v) is 7.59. The van der Waals surface area contributed by atoms with Crippen molar-refractivity contribution in [1.82, 2.24) is 0 Å². The number of hydrogen-bond donors (Lipinski definition) is 1. The van der Waals surface area contributed by atoms with Crippen molar-refractivity contribution >= 4 is 39.3 Å². The first kappa shape index (κ1) is 13.9. The third-order valence-corrected chi connectivity index (χ3v) is 4.51. The molecule has 0 radical (unpaired) electrons. The summed E-state index contributed by atoms with van der Waals surface area (Å²) in [5.41, 5.74) is 6.72. The molecule has 0 unspecified atom stereocenters. The molecule has 0 aliphatic rings. The van der Waals surface area contributed by atoms with Gasteiger partial charge in [-0.2, -0.15) is 0 Å². The van der Waals surface area contributed by atoms with Crippen molar-refractivity contribution in [2.45, 2.75) is 16.2 Å². The summed E-state index contributed by atoms with van der Waals surface area (Å²) in [5.74, 6) is 0. The quantitative estimate of drug-likeness (QED) is 0.867. The molecule has 0 saturated heterocycles. The third kappa shape index (κ3) is 3.75. The fraction of sp³-hybridized carbons (Fsp3) is 0.143. The third-order valence-electron chi connectivity index (χ3n) is 2.47. The lowest BCUT2D eigenvalue weighted by molar-refractivity contribution is 0.966. The van der Waals surface area contributed by atoms with E-state index < -0.39 is 0 Å². The molecule has 4 heteroatoms. The standard InChI is InChI=1S/C14H13BrClNS/c15-11-2-4-12(5-3-11)18-14-6-1-10(7-8-17)9-13(14)16/h1-6,9H,7-8,17H2. The van der Waals surface area contributed by atoms with Crippen molar-refractivity contribution in [2.24, 2.45) is 5.73 Å². The molecule has 0 saturated carbocycles. The summed E-state index contributed by atoms with van der Waals surface area (Å²) in [6, 6.07) is 14.3. The molecule has 94 valence electrons. The molecule has 0 aliphatic carbocycles. The van der Waals surface area contributed by atoms with Crippen molar-refractivity contribution in [3.8, 4) is 0 Å². The summed E-state index contributed by atoms with van der Waals surface area (Å²) < 4.78 is 1.08. The van der Waals surface area contributed by atoms with E-state index in [4.69, 9.17) is 17.3 Å². The second kappa shape index (κ2) is 6.62. The number of halogens is 2. The van der Waals surface area contributed by atoms with E-state index in [9.17, 15) is 0 Å². The molecule has 18 heavy (non-hydrogen) atoms. The van der Waals surface area contributed by atoms with Crippen molar-refractivity contribution in [3.05, 3.63) is 57.5 Å². The Hall–Kier alpha value is -0.480. The highest BCUT2D eigenvalue weighted by molar-refractivity contribution is 9.10. The van der Waals surface area contributed by atoms with Gasteiger partial charge in [0.05, 0.1) is 5.02 Å². The summed E-state index contributed by atoms with van der Waals surface area (Å²) in [5, 5.41) is 0.786.